The van der Waals surface area contributed by atoms with Crippen molar-refractivity contribution in [1.29, 1.82) is 0 Å². The van der Waals surface area contributed by atoms with Crippen LogP contribution in [0.15, 0.2) is 87.5 Å². The van der Waals surface area contributed by atoms with E-state index < -0.39 is 20.2 Å². The highest BCUT2D eigenvalue weighted by Crippen LogP contribution is 2.21. The third-order valence-corrected chi connectivity index (χ3v) is 7.09. The summed E-state index contributed by atoms with van der Waals surface area (Å²) in [5.74, 6) is -0.365. The summed E-state index contributed by atoms with van der Waals surface area (Å²) in [6.07, 6.45) is 2.10. The molecule has 0 saturated carbocycles. The minimum Gasteiger partial charge on any atom is -0.325 e. The summed E-state index contributed by atoms with van der Waals surface area (Å²) in [6.45, 7) is 3.60. The Morgan fingerprint density at radius 1 is 1.00 bits per heavy atom. The number of fused-ring (bicyclic) bond motifs is 1. The Labute approximate surface area is 191 Å². The number of benzene rings is 2. The van der Waals surface area contributed by atoms with Gasteiger partial charge in [0.1, 0.15) is 17.1 Å². The molecule has 0 atom stereocenters. The van der Waals surface area contributed by atoms with Crippen molar-refractivity contribution in [1.82, 2.24) is 9.55 Å². The molecule has 4 aromatic rings. The Hall–Kier alpha value is -3.78. The van der Waals surface area contributed by atoms with Crippen LogP contribution in [0.4, 0.5) is 5.69 Å². The van der Waals surface area contributed by atoms with Crippen molar-refractivity contribution in [3.8, 4) is 0 Å². The number of carbonyl (C=O) groups excluding carboxylic acids is 1. The molecule has 1 amide bonds. The van der Waals surface area contributed by atoms with Crippen molar-refractivity contribution in [2.75, 3.05) is 5.32 Å². The highest BCUT2D eigenvalue weighted by molar-refractivity contribution is 7.91. The first-order chi connectivity index (χ1) is 15.8. The van der Waals surface area contributed by atoms with Crippen LogP contribution in [0.1, 0.15) is 18.2 Å². The molecule has 0 fully saturated rings. The summed E-state index contributed by atoms with van der Waals surface area (Å²) in [5.41, 5.74) is 2.03. The Morgan fingerprint density at radius 3 is 2.36 bits per heavy atom. The first kappa shape index (κ1) is 22.4. The zero-order valence-electron chi connectivity index (χ0n) is 18.3. The number of anilines is 1. The third-order valence-electron chi connectivity index (χ3n) is 5.33. The second-order valence-electron chi connectivity index (χ2n) is 7.69. The highest BCUT2D eigenvalue weighted by atomic mass is 32.2. The molecular weight excluding hydrogens is 438 g/mol. The van der Waals surface area contributed by atoms with Crippen LogP contribution in [0.5, 0.6) is 0 Å². The van der Waals surface area contributed by atoms with E-state index in [1.54, 1.807) is 37.3 Å². The number of aryl methyl sites for hydroxylation is 2. The van der Waals surface area contributed by atoms with Gasteiger partial charge in [-0.1, -0.05) is 37.3 Å². The molecule has 33 heavy (non-hydrogen) atoms. The molecule has 2 aromatic carbocycles. The van der Waals surface area contributed by atoms with Gasteiger partial charge in [-0.2, -0.15) is 0 Å². The Bertz CT molecular complexity index is 1490. The molecule has 8 heteroatoms. The first-order valence-corrected chi connectivity index (χ1v) is 12.0. The second kappa shape index (κ2) is 8.99. The number of aromatic nitrogens is 2. The summed E-state index contributed by atoms with van der Waals surface area (Å²) in [7, 11) is -4.09. The lowest BCUT2D eigenvalue weighted by Gasteiger charge is -2.14. The third kappa shape index (κ3) is 4.56. The first-order valence-electron chi connectivity index (χ1n) is 10.5. The average molecular weight is 462 g/mol. The molecule has 168 valence electrons. The predicted molar refractivity (Wildman–Crippen MR) is 127 cm³/mol. The van der Waals surface area contributed by atoms with Gasteiger partial charge in [0.05, 0.1) is 10.3 Å². The average Bonchev–Trinajstić information content (AvgIpc) is 2.81. The van der Waals surface area contributed by atoms with Gasteiger partial charge in [0, 0.05) is 17.6 Å². The summed E-state index contributed by atoms with van der Waals surface area (Å²) >= 11 is 0. The van der Waals surface area contributed by atoms with Crippen molar-refractivity contribution >= 4 is 32.5 Å². The number of nitrogens with zero attached hydrogens (tertiary/aromatic N) is 2. The fourth-order valence-corrected chi connectivity index (χ4v) is 4.94. The lowest BCUT2D eigenvalue weighted by atomic mass is 10.1. The molecule has 0 aliphatic rings. The van der Waals surface area contributed by atoms with E-state index >= 15 is 0 Å². The minimum absolute atomic E-state index is 0.00790. The van der Waals surface area contributed by atoms with Crippen molar-refractivity contribution in [2.24, 2.45) is 0 Å². The zero-order valence-corrected chi connectivity index (χ0v) is 19.1. The summed E-state index contributed by atoms with van der Waals surface area (Å²) in [4.78, 5) is 29.9. The summed E-state index contributed by atoms with van der Waals surface area (Å²) < 4.78 is 27.9. The van der Waals surface area contributed by atoms with E-state index in [1.807, 2.05) is 31.2 Å². The van der Waals surface area contributed by atoms with Crippen LogP contribution in [0.2, 0.25) is 0 Å². The normalized spacial score (nSPS) is 11.5. The molecule has 7 nitrogen and oxygen atoms in total. The van der Waals surface area contributed by atoms with E-state index in [0.29, 0.717) is 11.4 Å². The van der Waals surface area contributed by atoms with Crippen molar-refractivity contribution in [2.45, 2.75) is 36.6 Å². The van der Waals surface area contributed by atoms with Gasteiger partial charge in [0.2, 0.25) is 21.2 Å². The van der Waals surface area contributed by atoms with Crippen LogP contribution < -0.4 is 10.7 Å². The maximum atomic E-state index is 13.2. The molecule has 0 aliphatic carbocycles. The molecule has 0 radical (unpaired) electrons. The molecule has 0 saturated heterocycles. The lowest BCUT2D eigenvalue weighted by Crippen LogP contribution is -2.24. The number of sulfone groups is 1. The molecule has 4 rings (SSSR count). The maximum Gasteiger partial charge on any atom is 0.244 e. The number of amides is 1. The zero-order chi connectivity index (χ0) is 23.6. The van der Waals surface area contributed by atoms with Crippen LogP contribution in [-0.2, 0) is 27.6 Å². The van der Waals surface area contributed by atoms with Gasteiger partial charge in [-0.15, -0.1) is 0 Å². The summed E-state index contributed by atoms with van der Waals surface area (Å²) in [5, 5.41) is 2.95. The van der Waals surface area contributed by atoms with Crippen LogP contribution in [-0.4, -0.2) is 23.9 Å². The predicted octanol–water partition coefficient (Wildman–Crippen LogP) is 3.74. The standard InChI is InChI=1S/C25H23N3O4S/c1-3-18-10-12-19(13-11-18)27-23(29)16-28-15-22(33(31,32)20-7-5-4-6-8-20)24(30)21-14-9-17(2)26-25(21)28/h4-15H,3,16H2,1-2H3,(H,27,29). The quantitative estimate of drug-likeness (QED) is 0.472. The Kier molecular flexibility index (Phi) is 6.11. The van der Waals surface area contributed by atoms with E-state index in [9.17, 15) is 18.0 Å². The smallest absolute Gasteiger partial charge is 0.244 e. The molecular formula is C25H23N3O4S. The number of hydrogen-bond acceptors (Lipinski definition) is 5. The number of carbonyl (C=O) groups is 1. The number of nitrogens with one attached hydrogen (secondary N) is 1. The SMILES string of the molecule is CCc1ccc(NC(=O)Cn2cc(S(=O)(=O)c3ccccc3)c(=O)c3ccc(C)nc32)cc1. The Morgan fingerprint density at radius 2 is 1.70 bits per heavy atom. The molecule has 0 spiro atoms. The minimum atomic E-state index is -4.09. The Balaban J connectivity index is 1.78. The van der Waals surface area contributed by atoms with E-state index in [4.69, 9.17) is 0 Å². The maximum absolute atomic E-state index is 13.2. The molecule has 0 unspecified atom stereocenters. The van der Waals surface area contributed by atoms with Gasteiger partial charge in [-0.25, -0.2) is 13.4 Å². The largest absolute Gasteiger partial charge is 0.325 e. The van der Waals surface area contributed by atoms with Gasteiger partial charge in [-0.05, 0) is 55.3 Å². The van der Waals surface area contributed by atoms with Crippen LogP contribution in [0, 0.1) is 6.92 Å². The summed E-state index contributed by atoms with van der Waals surface area (Å²) in [6, 6.07) is 18.4. The topological polar surface area (TPSA) is 98.1 Å². The van der Waals surface area contributed by atoms with Crippen molar-refractivity contribution < 1.29 is 13.2 Å². The van der Waals surface area contributed by atoms with E-state index in [-0.39, 0.29) is 28.4 Å². The lowest BCUT2D eigenvalue weighted by molar-refractivity contribution is -0.116. The molecule has 1 N–H and O–H groups in total. The van der Waals surface area contributed by atoms with Crippen molar-refractivity contribution in [3.05, 3.63) is 94.4 Å². The van der Waals surface area contributed by atoms with Crippen LogP contribution in [0.25, 0.3) is 11.0 Å². The van der Waals surface area contributed by atoms with Crippen molar-refractivity contribution in [3.63, 3.8) is 0 Å². The number of pyridine rings is 2. The van der Waals surface area contributed by atoms with Gasteiger partial charge < -0.3 is 9.88 Å². The van der Waals surface area contributed by atoms with E-state index in [2.05, 4.69) is 10.3 Å². The van der Waals surface area contributed by atoms with Crippen LogP contribution in [0.3, 0.4) is 0 Å². The van der Waals surface area contributed by atoms with E-state index in [0.717, 1.165) is 12.0 Å². The molecule has 0 aliphatic heterocycles. The van der Waals surface area contributed by atoms with Gasteiger partial charge in [0.15, 0.2) is 0 Å². The number of hydrogen-bond donors (Lipinski definition) is 1. The van der Waals surface area contributed by atoms with Crippen LogP contribution >= 0.6 is 0 Å². The van der Waals surface area contributed by atoms with Gasteiger partial charge >= 0.3 is 0 Å². The number of rotatable bonds is 6. The fourth-order valence-electron chi connectivity index (χ4n) is 3.55. The second-order valence-corrected chi connectivity index (χ2v) is 9.61. The fraction of sp³-hybridized carbons (Fsp3) is 0.160. The monoisotopic (exact) mass is 461 g/mol. The molecule has 0 bridgehead atoms. The molecule has 2 heterocycles. The van der Waals surface area contributed by atoms with Gasteiger partial charge in [-0.3, -0.25) is 9.59 Å². The van der Waals surface area contributed by atoms with E-state index in [1.165, 1.54) is 22.9 Å². The molecule has 2 aromatic heterocycles. The van der Waals surface area contributed by atoms with Gasteiger partial charge in [0.25, 0.3) is 0 Å². The highest BCUT2D eigenvalue weighted by Gasteiger charge is 2.24.